The molecular formula is C20H27N3O2. The number of hydrogen-bond donors (Lipinski definition) is 2. The van der Waals surface area contributed by atoms with E-state index in [1.165, 1.54) is 6.42 Å². The van der Waals surface area contributed by atoms with Gasteiger partial charge in [-0.1, -0.05) is 18.2 Å². The lowest BCUT2D eigenvalue weighted by atomic mass is 9.84. The summed E-state index contributed by atoms with van der Waals surface area (Å²) in [6.07, 6.45) is 5.11. The van der Waals surface area contributed by atoms with E-state index in [1.807, 2.05) is 35.2 Å². The van der Waals surface area contributed by atoms with Gasteiger partial charge in [-0.15, -0.1) is 0 Å². The minimum absolute atomic E-state index is 0.00253. The van der Waals surface area contributed by atoms with Gasteiger partial charge in [0.05, 0.1) is 5.92 Å². The van der Waals surface area contributed by atoms with Gasteiger partial charge in [-0.2, -0.15) is 0 Å². The molecule has 2 amide bonds. The number of nitrogens with one attached hydrogen (secondary N) is 1. The van der Waals surface area contributed by atoms with Crippen molar-refractivity contribution in [1.82, 2.24) is 10.2 Å². The average Bonchev–Trinajstić information content (AvgIpc) is 3.23. The molecule has 0 radical (unpaired) electrons. The van der Waals surface area contributed by atoms with Gasteiger partial charge in [0.15, 0.2) is 0 Å². The fourth-order valence-corrected chi connectivity index (χ4v) is 5.01. The highest BCUT2D eigenvalue weighted by atomic mass is 16.2. The molecule has 4 rings (SSSR count). The first kappa shape index (κ1) is 16.6. The van der Waals surface area contributed by atoms with E-state index in [0.717, 1.165) is 31.2 Å². The van der Waals surface area contributed by atoms with Crippen molar-refractivity contribution in [2.24, 2.45) is 23.5 Å². The Labute approximate surface area is 148 Å². The quantitative estimate of drug-likeness (QED) is 0.880. The van der Waals surface area contributed by atoms with Gasteiger partial charge in [0.25, 0.3) is 5.91 Å². The lowest BCUT2D eigenvalue weighted by molar-refractivity contribution is -0.128. The summed E-state index contributed by atoms with van der Waals surface area (Å²) in [5, 5.41) is 3.22. The van der Waals surface area contributed by atoms with E-state index in [2.05, 4.69) is 5.32 Å². The van der Waals surface area contributed by atoms with Crippen LogP contribution in [0.5, 0.6) is 0 Å². The molecule has 0 spiro atoms. The van der Waals surface area contributed by atoms with Gasteiger partial charge in [-0.05, 0) is 56.1 Å². The zero-order chi connectivity index (χ0) is 17.4. The van der Waals surface area contributed by atoms with Crippen LogP contribution in [0.3, 0.4) is 0 Å². The standard InChI is InChI=1S/C20H27N3O2/c21-18-15-7-6-14(12-15)17(18)19(24)22-16-8-10-23(11-9-16)20(25)13-4-2-1-3-5-13/h1-5,14-18H,6-12,21H2,(H,22,24). The van der Waals surface area contributed by atoms with Crippen LogP contribution >= 0.6 is 0 Å². The van der Waals surface area contributed by atoms with E-state index >= 15 is 0 Å². The molecule has 0 aromatic heterocycles. The lowest BCUT2D eigenvalue weighted by Crippen LogP contribution is -2.51. The first-order valence-electron chi connectivity index (χ1n) is 9.54. The number of nitrogens with zero attached hydrogens (tertiary/aromatic N) is 1. The third-order valence-corrected chi connectivity index (χ3v) is 6.43. The molecule has 2 aliphatic carbocycles. The molecule has 134 valence electrons. The van der Waals surface area contributed by atoms with Crippen LogP contribution in [-0.2, 0) is 4.79 Å². The molecule has 4 atom stereocenters. The van der Waals surface area contributed by atoms with Crippen molar-refractivity contribution in [2.75, 3.05) is 13.1 Å². The van der Waals surface area contributed by atoms with Crippen LogP contribution < -0.4 is 11.1 Å². The number of fused-ring (bicyclic) bond motifs is 2. The molecule has 5 nitrogen and oxygen atoms in total. The maximum Gasteiger partial charge on any atom is 0.253 e. The fourth-order valence-electron chi connectivity index (χ4n) is 5.01. The maximum atomic E-state index is 12.7. The van der Waals surface area contributed by atoms with Crippen LogP contribution in [0.1, 0.15) is 42.5 Å². The summed E-state index contributed by atoms with van der Waals surface area (Å²) in [5.41, 5.74) is 7.02. The molecule has 3 fully saturated rings. The Kier molecular flexibility index (Phi) is 4.50. The Balaban J connectivity index is 1.29. The van der Waals surface area contributed by atoms with Gasteiger partial charge in [0.2, 0.25) is 5.91 Å². The fraction of sp³-hybridized carbons (Fsp3) is 0.600. The molecule has 2 bridgehead atoms. The largest absolute Gasteiger partial charge is 0.353 e. The normalized spacial score (nSPS) is 32.0. The predicted molar refractivity (Wildman–Crippen MR) is 95.8 cm³/mol. The van der Waals surface area contributed by atoms with Gasteiger partial charge in [-0.25, -0.2) is 0 Å². The van der Waals surface area contributed by atoms with Crippen LogP contribution in [0.15, 0.2) is 30.3 Å². The number of carbonyl (C=O) groups is 2. The molecule has 1 aromatic carbocycles. The monoisotopic (exact) mass is 341 g/mol. The summed E-state index contributed by atoms with van der Waals surface area (Å²) in [4.78, 5) is 27.1. The first-order chi connectivity index (χ1) is 12.1. The number of amides is 2. The van der Waals surface area contributed by atoms with Crippen LogP contribution in [0, 0.1) is 17.8 Å². The lowest BCUT2D eigenvalue weighted by Gasteiger charge is -2.34. The molecule has 1 heterocycles. The van der Waals surface area contributed by atoms with E-state index in [4.69, 9.17) is 5.73 Å². The number of nitrogens with two attached hydrogens (primary N) is 1. The highest BCUT2D eigenvalue weighted by Gasteiger charge is 2.49. The van der Waals surface area contributed by atoms with Gasteiger partial charge in [0.1, 0.15) is 0 Å². The van der Waals surface area contributed by atoms with Crippen molar-refractivity contribution in [3.05, 3.63) is 35.9 Å². The summed E-state index contributed by atoms with van der Waals surface area (Å²) in [5.74, 6) is 1.27. The van der Waals surface area contributed by atoms with Crippen molar-refractivity contribution in [1.29, 1.82) is 0 Å². The van der Waals surface area contributed by atoms with Crippen molar-refractivity contribution in [3.63, 3.8) is 0 Å². The Bertz CT molecular complexity index is 638. The van der Waals surface area contributed by atoms with Crippen LogP contribution in [0.25, 0.3) is 0 Å². The third-order valence-electron chi connectivity index (χ3n) is 6.43. The van der Waals surface area contributed by atoms with Crippen molar-refractivity contribution in [3.8, 4) is 0 Å². The van der Waals surface area contributed by atoms with E-state index in [1.54, 1.807) is 0 Å². The molecule has 1 aromatic rings. The van der Waals surface area contributed by atoms with E-state index in [9.17, 15) is 9.59 Å². The summed E-state index contributed by atoms with van der Waals surface area (Å²) >= 11 is 0. The van der Waals surface area contributed by atoms with Crippen LogP contribution in [0.4, 0.5) is 0 Å². The molecule has 3 aliphatic rings. The second-order valence-electron chi connectivity index (χ2n) is 7.88. The number of benzene rings is 1. The van der Waals surface area contributed by atoms with Crippen molar-refractivity contribution in [2.45, 2.75) is 44.2 Å². The molecule has 5 heteroatoms. The SMILES string of the molecule is NC1C2CCC(C2)C1C(=O)NC1CCN(C(=O)c2ccccc2)CC1. The van der Waals surface area contributed by atoms with Gasteiger partial charge in [-0.3, -0.25) is 9.59 Å². The zero-order valence-corrected chi connectivity index (χ0v) is 14.6. The highest BCUT2D eigenvalue weighted by molar-refractivity contribution is 5.94. The Morgan fingerprint density at radius 3 is 2.32 bits per heavy atom. The van der Waals surface area contributed by atoms with E-state index < -0.39 is 0 Å². The van der Waals surface area contributed by atoms with Gasteiger partial charge < -0.3 is 16.0 Å². The Hall–Kier alpha value is -1.88. The van der Waals surface area contributed by atoms with Gasteiger partial charge in [0, 0.05) is 30.7 Å². The summed E-state index contributed by atoms with van der Waals surface area (Å²) in [7, 11) is 0. The number of piperidine rings is 1. The number of rotatable bonds is 3. The minimum Gasteiger partial charge on any atom is -0.353 e. The molecule has 1 saturated heterocycles. The van der Waals surface area contributed by atoms with Crippen molar-refractivity contribution >= 4 is 11.8 Å². The maximum absolute atomic E-state index is 12.7. The van der Waals surface area contributed by atoms with Crippen LogP contribution in [-0.4, -0.2) is 41.9 Å². The summed E-state index contributed by atoms with van der Waals surface area (Å²) in [6, 6.07) is 9.60. The summed E-state index contributed by atoms with van der Waals surface area (Å²) < 4.78 is 0. The second-order valence-corrected chi connectivity index (χ2v) is 7.88. The molecule has 3 N–H and O–H groups in total. The highest BCUT2D eigenvalue weighted by Crippen LogP contribution is 2.47. The zero-order valence-electron chi connectivity index (χ0n) is 14.6. The Morgan fingerprint density at radius 2 is 1.68 bits per heavy atom. The van der Waals surface area contributed by atoms with Gasteiger partial charge >= 0.3 is 0 Å². The topological polar surface area (TPSA) is 75.4 Å². The summed E-state index contributed by atoms with van der Waals surface area (Å²) in [6.45, 7) is 1.39. The molecule has 1 aliphatic heterocycles. The van der Waals surface area contributed by atoms with E-state index in [-0.39, 0.29) is 29.8 Å². The number of likely N-dealkylation sites (tertiary alicyclic amines) is 1. The molecule has 25 heavy (non-hydrogen) atoms. The number of carbonyl (C=O) groups excluding carboxylic acids is 2. The van der Waals surface area contributed by atoms with E-state index in [0.29, 0.717) is 24.9 Å². The Morgan fingerprint density at radius 1 is 1.00 bits per heavy atom. The third kappa shape index (κ3) is 3.17. The molecule has 4 unspecified atom stereocenters. The molecule has 2 saturated carbocycles. The minimum atomic E-state index is 0.00253. The second kappa shape index (κ2) is 6.79. The average molecular weight is 341 g/mol. The van der Waals surface area contributed by atoms with Crippen molar-refractivity contribution < 1.29 is 9.59 Å². The smallest absolute Gasteiger partial charge is 0.253 e. The first-order valence-corrected chi connectivity index (χ1v) is 9.54. The predicted octanol–water partition coefficient (Wildman–Crippen LogP) is 1.78. The van der Waals surface area contributed by atoms with Crippen LogP contribution in [0.2, 0.25) is 0 Å². The molecular weight excluding hydrogens is 314 g/mol. The number of hydrogen-bond acceptors (Lipinski definition) is 3.